The van der Waals surface area contributed by atoms with Crippen molar-refractivity contribution < 1.29 is 9.59 Å². The van der Waals surface area contributed by atoms with Crippen LogP contribution in [-0.4, -0.2) is 32.8 Å². The van der Waals surface area contributed by atoms with Crippen molar-refractivity contribution in [1.29, 1.82) is 0 Å². The maximum atomic E-state index is 13.7. The summed E-state index contributed by atoms with van der Waals surface area (Å²) in [4.78, 5) is 45.1. The molecule has 4 aromatic rings. The Morgan fingerprint density at radius 3 is 2.11 bits per heavy atom. The minimum Gasteiger partial charge on any atom is -0.274 e. The summed E-state index contributed by atoms with van der Waals surface area (Å²) in [5, 5.41) is 0.636. The van der Waals surface area contributed by atoms with Crippen LogP contribution in [0.4, 0.5) is 0 Å². The summed E-state index contributed by atoms with van der Waals surface area (Å²) < 4.78 is 1.73. The Morgan fingerprint density at radius 2 is 1.43 bits per heavy atom. The van der Waals surface area contributed by atoms with Crippen molar-refractivity contribution >= 4 is 22.7 Å². The van der Waals surface area contributed by atoms with Gasteiger partial charge >= 0.3 is 0 Å². The van der Waals surface area contributed by atoms with Crippen LogP contribution in [0.2, 0.25) is 0 Å². The summed E-state index contributed by atoms with van der Waals surface area (Å²) in [6, 6.07) is 22.4. The van der Waals surface area contributed by atoms with E-state index in [1.165, 1.54) is 4.90 Å². The molecule has 3 aromatic carbocycles. The highest BCUT2D eigenvalue weighted by Crippen LogP contribution is 2.24. The smallest absolute Gasteiger partial charge is 0.266 e. The molecule has 0 unspecified atom stereocenters. The van der Waals surface area contributed by atoms with Gasteiger partial charge in [0.25, 0.3) is 17.4 Å². The molecule has 2 amide bonds. The lowest BCUT2D eigenvalue weighted by atomic mass is 10.0. The highest BCUT2D eigenvalue weighted by Gasteiger charge is 2.34. The van der Waals surface area contributed by atoms with E-state index in [4.69, 9.17) is 4.98 Å². The van der Waals surface area contributed by atoms with E-state index in [1.807, 2.05) is 48.5 Å². The topological polar surface area (TPSA) is 72.3 Å². The van der Waals surface area contributed by atoms with E-state index >= 15 is 0 Å². The second kappa shape index (κ2) is 9.66. The number of hydrogen-bond donors (Lipinski definition) is 0. The minimum atomic E-state index is -0.228. The molecule has 176 valence electrons. The van der Waals surface area contributed by atoms with Crippen LogP contribution in [0.1, 0.15) is 58.3 Å². The molecule has 5 rings (SSSR count). The van der Waals surface area contributed by atoms with Crippen LogP contribution in [0.3, 0.4) is 0 Å². The molecule has 2 heterocycles. The quantitative estimate of drug-likeness (QED) is 0.272. The van der Waals surface area contributed by atoms with Crippen LogP contribution in [0.15, 0.2) is 77.6 Å². The second-order valence-electron chi connectivity index (χ2n) is 8.83. The van der Waals surface area contributed by atoms with E-state index in [0.29, 0.717) is 47.8 Å². The number of imide groups is 1. The third-order valence-electron chi connectivity index (χ3n) is 6.50. The largest absolute Gasteiger partial charge is 0.274 e. The van der Waals surface area contributed by atoms with Crippen LogP contribution in [0.25, 0.3) is 16.6 Å². The standard InChI is InChI=1S/C29H27N3O3/c1-2-11-25-30-24-18-10-13-20(26(24)29(35)32(25)21-14-4-3-5-15-21)12-8-9-19-31-27(33)22-16-6-7-17-23(22)28(31)34/h3-7,10,13-18H,2,8-9,11-12,19H2,1H3. The summed E-state index contributed by atoms with van der Waals surface area (Å²) in [5.41, 5.74) is 3.36. The lowest BCUT2D eigenvalue weighted by Crippen LogP contribution is -2.30. The number of fused-ring (bicyclic) bond motifs is 2. The molecule has 6 heteroatoms. The van der Waals surface area contributed by atoms with Crippen LogP contribution in [0.5, 0.6) is 0 Å². The average Bonchev–Trinajstić information content (AvgIpc) is 3.12. The van der Waals surface area contributed by atoms with Gasteiger partial charge in [0.1, 0.15) is 5.82 Å². The fourth-order valence-corrected chi connectivity index (χ4v) is 4.82. The fourth-order valence-electron chi connectivity index (χ4n) is 4.82. The first-order valence-electron chi connectivity index (χ1n) is 12.1. The molecule has 0 aliphatic carbocycles. The SMILES string of the molecule is CCCc1nc2cccc(CCCCN3C(=O)c4ccccc4C3=O)c2c(=O)n1-c1ccccc1. The van der Waals surface area contributed by atoms with Gasteiger partial charge < -0.3 is 0 Å². The van der Waals surface area contributed by atoms with E-state index in [1.54, 1.807) is 28.8 Å². The van der Waals surface area contributed by atoms with Gasteiger partial charge in [0.15, 0.2) is 0 Å². The summed E-state index contributed by atoms with van der Waals surface area (Å²) in [5.74, 6) is 0.308. The van der Waals surface area contributed by atoms with Crippen LogP contribution >= 0.6 is 0 Å². The van der Waals surface area contributed by atoms with E-state index in [0.717, 1.165) is 29.9 Å². The Hall–Kier alpha value is -4.06. The summed E-state index contributed by atoms with van der Waals surface area (Å²) in [6.45, 7) is 2.45. The van der Waals surface area contributed by atoms with Crippen molar-refractivity contribution in [2.24, 2.45) is 0 Å². The first-order valence-corrected chi connectivity index (χ1v) is 12.1. The second-order valence-corrected chi connectivity index (χ2v) is 8.83. The Balaban J connectivity index is 1.38. The molecular formula is C29H27N3O3. The number of amides is 2. The van der Waals surface area contributed by atoms with E-state index in [9.17, 15) is 14.4 Å². The molecule has 0 atom stereocenters. The normalized spacial score (nSPS) is 13.0. The number of aromatic nitrogens is 2. The van der Waals surface area contributed by atoms with Crippen LogP contribution in [0, 0.1) is 0 Å². The lowest BCUT2D eigenvalue weighted by Gasteiger charge is -2.16. The Bertz CT molecular complexity index is 1440. The summed E-state index contributed by atoms with van der Waals surface area (Å²) in [7, 11) is 0. The molecular weight excluding hydrogens is 438 g/mol. The van der Waals surface area contributed by atoms with Crippen LogP contribution < -0.4 is 5.56 Å². The number of aryl methyl sites for hydroxylation is 2. The minimum absolute atomic E-state index is 0.0550. The third-order valence-corrected chi connectivity index (χ3v) is 6.50. The fraction of sp³-hybridized carbons (Fsp3) is 0.241. The lowest BCUT2D eigenvalue weighted by molar-refractivity contribution is 0.0652. The number of unbranched alkanes of at least 4 members (excludes halogenated alkanes) is 1. The van der Waals surface area contributed by atoms with E-state index in [-0.39, 0.29) is 17.4 Å². The van der Waals surface area contributed by atoms with Gasteiger partial charge in [-0.1, -0.05) is 49.4 Å². The highest BCUT2D eigenvalue weighted by atomic mass is 16.2. The van der Waals surface area contributed by atoms with Gasteiger partial charge in [-0.05, 0) is 61.6 Å². The third kappa shape index (κ3) is 4.16. The van der Waals surface area contributed by atoms with Crippen LogP contribution in [-0.2, 0) is 12.8 Å². The number of nitrogens with zero attached hydrogens (tertiary/aromatic N) is 3. The first-order chi connectivity index (χ1) is 17.1. The van der Waals surface area contributed by atoms with Crippen molar-refractivity contribution in [3.05, 3.63) is 106 Å². The van der Waals surface area contributed by atoms with Crippen molar-refractivity contribution in [3.63, 3.8) is 0 Å². The van der Waals surface area contributed by atoms with Gasteiger partial charge in [-0.3, -0.25) is 23.9 Å². The molecule has 0 fully saturated rings. The number of para-hydroxylation sites is 1. The van der Waals surface area contributed by atoms with Crippen molar-refractivity contribution in [2.75, 3.05) is 6.54 Å². The molecule has 6 nitrogen and oxygen atoms in total. The number of rotatable bonds is 8. The van der Waals surface area contributed by atoms with Gasteiger partial charge in [0.2, 0.25) is 0 Å². The molecule has 0 radical (unpaired) electrons. The molecule has 0 saturated heterocycles. The van der Waals surface area contributed by atoms with Crippen molar-refractivity contribution in [3.8, 4) is 5.69 Å². The molecule has 1 aromatic heterocycles. The van der Waals surface area contributed by atoms with Gasteiger partial charge in [-0.15, -0.1) is 0 Å². The number of carbonyl (C=O) groups is 2. The molecule has 1 aliphatic rings. The summed E-state index contributed by atoms with van der Waals surface area (Å²) in [6.07, 6.45) is 3.68. The predicted molar refractivity (Wildman–Crippen MR) is 136 cm³/mol. The van der Waals surface area contributed by atoms with Crippen molar-refractivity contribution in [1.82, 2.24) is 14.5 Å². The molecule has 0 saturated carbocycles. The average molecular weight is 466 g/mol. The monoisotopic (exact) mass is 465 g/mol. The predicted octanol–water partition coefficient (Wildman–Crippen LogP) is 4.96. The molecule has 1 aliphatic heterocycles. The number of carbonyl (C=O) groups excluding carboxylic acids is 2. The maximum Gasteiger partial charge on any atom is 0.266 e. The van der Waals surface area contributed by atoms with Crippen molar-refractivity contribution in [2.45, 2.75) is 39.0 Å². The molecule has 0 spiro atoms. The maximum absolute atomic E-state index is 13.7. The Labute approximate surface area is 203 Å². The Morgan fingerprint density at radius 1 is 0.743 bits per heavy atom. The number of benzene rings is 3. The molecule has 35 heavy (non-hydrogen) atoms. The van der Waals surface area contributed by atoms with E-state index < -0.39 is 0 Å². The first kappa shape index (κ1) is 22.7. The van der Waals surface area contributed by atoms with E-state index in [2.05, 4.69) is 6.92 Å². The molecule has 0 N–H and O–H groups in total. The zero-order valence-electron chi connectivity index (χ0n) is 19.7. The Kier molecular flexibility index (Phi) is 6.27. The molecule has 0 bridgehead atoms. The summed E-state index contributed by atoms with van der Waals surface area (Å²) >= 11 is 0. The van der Waals surface area contributed by atoms with Gasteiger partial charge in [0, 0.05) is 13.0 Å². The zero-order chi connectivity index (χ0) is 24.4. The zero-order valence-corrected chi connectivity index (χ0v) is 19.7. The number of hydrogen-bond acceptors (Lipinski definition) is 4. The van der Waals surface area contributed by atoms with Gasteiger partial charge in [-0.2, -0.15) is 0 Å². The van der Waals surface area contributed by atoms with Gasteiger partial charge in [-0.25, -0.2) is 4.98 Å². The highest BCUT2D eigenvalue weighted by molar-refractivity contribution is 6.21. The van der Waals surface area contributed by atoms with Gasteiger partial charge in [0.05, 0.1) is 27.7 Å².